The third-order valence-electron chi connectivity index (χ3n) is 3.19. The predicted octanol–water partition coefficient (Wildman–Crippen LogP) is 1.99. The van der Waals surface area contributed by atoms with Crippen molar-refractivity contribution in [1.82, 2.24) is 14.9 Å². The molecule has 7 heteroatoms. The SMILES string of the molecule is COCC(C)NC(N)=NCc1ccc(Cn2ccnc2)cc1.I. The molecule has 0 saturated carbocycles. The molecule has 6 nitrogen and oxygen atoms in total. The van der Waals surface area contributed by atoms with E-state index < -0.39 is 0 Å². The minimum atomic E-state index is 0. The van der Waals surface area contributed by atoms with E-state index in [4.69, 9.17) is 10.5 Å². The molecule has 0 saturated heterocycles. The molecule has 23 heavy (non-hydrogen) atoms. The second-order valence-electron chi connectivity index (χ2n) is 5.25. The maximum absolute atomic E-state index is 5.85. The monoisotopic (exact) mass is 429 g/mol. The van der Waals surface area contributed by atoms with E-state index in [0.717, 1.165) is 12.1 Å². The van der Waals surface area contributed by atoms with Gasteiger partial charge in [0.1, 0.15) is 0 Å². The number of ether oxygens (including phenoxy) is 1. The summed E-state index contributed by atoms with van der Waals surface area (Å²) in [6.45, 7) is 3.97. The molecular weight excluding hydrogens is 405 g/mol. The molecule has 0 bridgehead atoms. The van der Waals surface area contributed by atoms with Crippen molar-refractivity contribution in [2.24, 2.45) is 10.7 Å². The fraction of sp³-hybridized carbons (Fsp3) is 0.375. The number of rotatable bonds is 7. The maximum atomic E-state index is 5.85. The van der Waals surface area contributed by atoms with Gasteiger partial charge >= 0.3 is 0 Å². The number of benzene rings is 1. The van der Waals surface area contributed by atoms with E-state index in [2.05, 4.69) is 39.6 Å². The van der Waals surface area contributed by atoms with Gasteiger partial charge in [-0.15, -0.1) is 24.0 Å². The Kier molecular flexibility index (Phi) is 8.64. The van der Waals surface area contributed by atoms with Crippen LogP contribution in [-0.2, 0) is 17.8 Å². The molecule has 1 atom stereocenters. The normalized spacial score (nSPS) is 12.5. The first-order valence-corrected chi connectivity index (χ1v) is 7.26. The highest BCUT2D eigenvalue weighted by atomic mass is 127. The lowest BCUT2D eigenvalue weighted by Crippen LogP contribution is -2.40. The molecule has 126 valence electrons. The van der Waals surface area contributed by atoms with Crippen LogP contribution in [0.1, 0.15) is 18.1 Å². The molecule has 2 rings (SSSR count). The summed E-state index contributed by atoms with van der Waals surface area (Å²) in [6.07, 6.45) is 5.54. The van der Waals surface area contributed by atoms with Crippen molar-refractivity contribution < 1.29 is 4.74 Å². The lowest BCUT2D eigenvalue weighted by Gasteiger charge is -2.13. The molecule has 1 aromatic heterocycles. The van der Waals surface area contributed by atoms with Crippen molar-refractivity contribution in [2.45, 2.75) is 26.1 Å². The van der Waals surface area contributed by atoms with Gasteiger partial charge in [-0.3, -0.25) is 0 Å². The number of methoxy groups -OCH3 is 1. The first-order valence-electron chi connectivity index (χ1n) is 7.26. The van der Waals surface area contributed by atoms with Crippen LogP contribution >= 0.6 is 24.0 Å². The Bertz CT molecular complexity index is 583. The van der Waals surface area contributed by atoms with E-state index in [1.165, 1.54) is 5.56 Å². The van der Waals surface area contributed by atoms with Gasteiger partial charge in [-0.2, -0.15) is 0 Å². The summed E-state index contributed by atoms with van der Waals surface area (Å²) < 4.78 is 7.08. The molecule has 1 unspecified atom stereocenters. The molecule has 1 aromatic carbocycles. The summed E-state index contributed by atoms with van der Waals surface area (Å²) in [6, 6.07) is 8.49. The summed E-state index contributed by atoms with van der Waals surface area (Å²) in [7, 11) is 1.66. The second-order valence-corrected chi connectivity index (χ2v) is 5.25. The van der Waals surface area contributed by atoms with Crippen LogP contribution in [0.4, 0.5) is 0 Å². The number of aromatic nitrogens is 2. The van der Waals surface area contributed by atoms with E-state index in [1.54, 1.807) is 13.3 Å². The average Bonchev–Trinajstić information content (AvgIpc) is 3.00. The molecule has 0 amide bonds. The zero-order valence-electron chi connectivity index (χ0n) is 13.5. The van der Waals surface area contributed by atoms with E-state index in [0.29, 0.717) is 19.1 Å². The Morgan fingerprint density at radius 1 is 1.35 bits per heavy atom. The molecule has 1 heterocycles. The van der Waals surface area contributed by atoms with Gasteiger partial charge in [0.2, 0.25) is 0 Å². The Morgan fingerprint density at radius 3 is 2.65 bits per heavy atom. The molecule has 0 aliphatic rings. The zero-order chi connectivity index (χ0) is 15.8. The first kappa shape index (κ1) is 19.4. The third kappa shape index (κ3) is 7.00. The van der Waals surface area contributed by atoms with Crippen molar-refractivity contribution in [3.63, 3.8) is 0 Å². The topological polar surface area (TPSA) is 77.5 Å². The summed E-state index contributed by atoms with van der Waals surface area (Å²) in [5, 5.41) is 3.08. The molecule has 0 radical (unpaired) electrons. The van der Waals surface area contributed by atoms with Crippen LogP contribution in [0, 0.1) is 0 Å². The molecule has 0 spiro atoms. The van der Waals surface area contributed by atoms with Gasteiger partial charge in [0, 0.05) is 32.1 Å². The quantitative estimate of drug-likeness (QED) is 0.401. The van der Waals surface area contributed by atoms with E-state index in [9.17, 15) is 0 Å². The highest BCUT2D eigenvalue weighted by Gasteiger charge is 2.01. The molecule has 2 aromatic rings. The molecule has 0 aliphatic heterocycles. The van der Waals surface area contributed by atoms with Crippen LogP contribution in [0.2, 0.25) is 0 Å². The Morgan fingerprint density at radius 2 is 2.04 bits per heavy atom. The largest absolute Gasteiger partial charge is 0.383 e. The average molecular weight is 429 g/mol. The maximum Gasteiger partial charge on any atom is 0.189 e. The lowest BCUT2D eigenvalue weighted by atomic mass is 10.1. The van der Waals surface area contributed by atoms with E-state index >= 15 is 0 Å². The number of guanidine groups is 1. The summed E-state index contributed by atoms with van der Waals surface area (Å²) in [5.74, 6) is 0.437. The standard InChI is InChI=1S/C16H23N5O.HI/c1-13(11-22-2)20-16(17)19-9-14-3-5-15(6-4-14)10-21-8-7-18-12-21;/h3-8,12-13H,9-11H2,1-2H3,(H3,17,19,20);1H. The number of imidazole rings is 1. The summed E-state index contributed by atoms with van der Waals surface area (Å²) in [5.41, 5.74) is 8.20. The highest BCUT2D eigenvalue weighted by molar-refractivity contribution is 14.0. The minimum absolute atomic E-state index is 0. The van der Waals surface area contributed by atoms with Gasteiger partial charge in [-0.1, -0.05) is 24.3 Å². The number of nitrogens with one attached hydrogen (secondary N) is 1. The predicted molar refractivity (Wildman–Crippen MR) is 103 cm³/mol. The van der Waals surface area contributed by atoms with Crippen LogP contribution in [0.25, 0.3) is 0 Å². The van der Waals surface area contributed by atoms with Crippen molar-refractivity contribution in [2.75, 3.05) is 13.7 Å². The number of nitrogens with two attached hydrogens (primary N) is 1. The van der Waals surface area contributed by atoms with Crippen LogP contribution in [0.15, 0.2) is 48.0 Å². The number of hydrogen-bond donors (Lipinski definition) is 2. The molecule has 0 aliphatic carbocycles. The number of aliphatic imine (C=N–C) groups is 1. The minimum Gasteiger partial charge on any atom is -0.383 e. The second kappa shape index (κ2) is 10.2. The highest BCUT2D eigenvalue weighted by Crippen LogP contribution is 2.07. The van der Waals surface area contributed by atoms with Crippen LogP contribution in [0.5, 0.6) is 0 Å². The van der Waals surface area contributed by atoms with E-state index in [1.807, 2.05) is 24.0 Å². The molecular formula is C16H24IN5O. The molecule has 0 fully saturated rings. The van der Waals surface area contributed by atoms with Gasteiger partial charge in [0.05, 0.1) is 19.5 Å². The fourth-order valence-corrected chi connectivity index (χ4v) is 2.11. The fourth-order valence-electron chi connectivity index (χ4n) is 2.11. The van der Waals surface area contributed by atoms with Crippen LogP contribution < -0.4 is 11.1 Å². The van der Waals surface area contributed by atoms with Gasteiger partial charge in [-0.25, -0.2) is 9.98 Å². The summed E-state index contributed by atoms with van der Waals surface area (Å²) in [4.78, 5) is 8.37. The number of nitrogens with zero attached hydrogens (tertiary/aromatic N) is 3. The Balaban J connectivity index is 0.00000264. The Labute approximate surface area is 154 Å². The Hall–Kier alpha value is -1.61. The van der Waals surface area contributed by atoms with E-state index in [-0.39, 0.29) is 30.0 Å². The zero-order valence-corrected chi connectivity index (χ0v) is 15.8. The van der Waals surface area contributed by atoms with Crippen molar-refractivity contribution in [3.8, 4) is 0 Å². The van der Waals surface area contributed by atoms with Crippen molar-refractivity contribution in [3.05, 3.63) is 54.1 Å². The smallest absolute Gasteiger partial charge is 0.189 e. The van der Waals surface area contributed by atoms with Gasteiger partial charge in [-0.05, 0) is 18.1 Å². The van der Waals surface area contributed by atoms with Gasteiger partial charge in [0.25, 0.3) is 0 Å². The van der Waals surface area contributed by atoms with Gasteiger partial charge < -0.3 is 20.4 Å². The van der Waals surface area contributed by atoms with Crippen LogP contribution in [-0.4, -0.2) is 35.3 Å². The molecule has 3 N–H and O–H groups in total. The van der Waals surface area contributed by atoms with Crippen molar-refractivity contribution in [1.29, 1.82) is 0 Å². The number of hydrogen-bond acceptors (Lipinski definition) is 3. The van der Waals surface area contributed by atoms with Crippen LogP contribution in [0.3, 0.4) is 0 Å². The van der Waals surface area contributed by atoms with Gasteiger partial charge in [0.15, 0.2) is 5.96 Å². The summed E-state index contributed by atoms with van der Waals surface area (Å²) >= 11 is 0. The van der Waals surface area contributed by atoms with Crippen molar-refractivity contribution >= 4 is 29.9 Å². The first-order chi connectivity index (χ1) is 10.7. The number of halogens is 1. The lowest BCUT2D eigenvalue weighted by molar-refractivity contribution is 0.179. The third-order valence-corrected chi connectivity index (χ3v) is 3.19.